The second-order valence-corrected chi connectivity index (χ2v) is 6.53. The summed E-state index contributed by atoms with van der Waals surface area (Å²) in [5.41, 5.74) is 4.28. The number of urea groups is 1. The maximum Gasteiger partial charge on any atom is 0.326 e. The standard InChI is InChI=1S/C20H23N3O/c1-2-15-8-3-4-10-17(15)21-20(24)23-14-16-9-7-13-22(16)18-11-5-6-12-19(18)23/h3-6,8,10-12,16H,2,7,9,13-14H2,1H3,(H,21,24)/t16-/m1/s1. The average molecular weight is 321 g/mol. The number of carbonyl (C=O) groups excluding carboxylic acids is 1. The van der Waals surface area contributed by atoms with E-state index in [-0.39, 0.29) is 6.03 Å². The van der Waals surface area contributed by atoms with Gasteiger partial charge in [0.25, 0.3) is 0 Å². The number of aryl methyl sites for hydroxylation is 1. The van der Waals surface area contributed by atoms with E-state index in [1.807, 2.05) is 29.2 Å². The van der Waals surface area contributed by atoms with Crippen molar-refractivity contribution >= 4 is 23.1 Å². The summed E-state index contributed by atoms with van der Waals surface area (Å²) in [5.74, 6) is 0. The molecule has 2 aliphatic rings. The second-order valence-electron chi connectivity index (χ2n) is 6.53. The molecule has 4 nitrogen and oxygen atoms in total. The molecule has 4 heteroatoms. The van der Waals surface area contributed by atoms with Crippen LogP contribution in [0.2, 0.25) is 0 Å². The van der Waals surface area contributed by atoms with Crippen molar-refractivity contribution < 1.29 is 4.79 Å². The minimum absolute atomic E-state index is 0.0325. The fraction of sp³-hybridized carbons (Fsp3) is 0.350. The predicted octanol–water partition coefficient (Wildman–Crippen LogP) is 4.27. The molecule has 0 saturated carbocycles. The highest BCUT2D eigenvalue weighted by atomic mass is 16.2. The topological polar surface area (TPSA) is 35.6 Å². The number of amides is 2. The summed E-state index contributed by atoms with van der Waals surface area (Å²) in [7, 11) is 0. The maximum absolute atomic E-state index is 13.0. The quantitative estimate of drug-likeness (QED) is 0.896. The molecule has 1 atom stereocenters. The van der Waals surface area contributed by atoms with Gasteiger partial charge in [-0.15, -0.1) is 0 Å². The zero-order valence-electron chi connectivity index (χ0n) is 14.0. The zero-order valence-corrected chi connectivity index (χ0v) is 14.0. The Hall–Kier alpha value is -2.49. The molecule has 0 aliphatic carbocycles. The van der Waals surface area contributed by atoms with Crippen LogP contribution >= 0.6 is 0 Å². The number of rotatable bonds is 2. The lowest BCUT2D eigenvalue weighted by molar-refractivity contribution is 0.256. The van der Waals surface area contributed by atoms with Crippen LogP contribution in [0.25, 0.3) is 0 Å². The van der Waals surface area contributed by atoms with Gasteiger partial charge in [-0.2, -0.15) is 0 Å². The van der Waals surface area contributed by atoms with E-state index in [4.69, 9.17) is 0 Å². The average Bonchev–Trinajstić information content (AvgIpc) is 3.10. The number of para-hydroxylation sites is 3. The SMILES string of the molecule is CCc1ccccc1NC(=O)N1C[C@H]2CCCN2c2ccccc21. The Morgan fingerprint density at radius 3 is 2.71 bits per heavy atom. The van der Waals surface area contributed by atoms with Crippen LogP contribution in [-0.2, 0) is 6.42 Å². The van der Waals surface area contributed by atoms with E-state index in [0.717, 1.165) is 37.3 Å². The smallest absolute Gasteiger partial charge is 0.326 e. The fourth-order valence-electron chi connectivity index (χ4n) is 3.91. The summed E-state index contributed by atoms with van der Waals surface area (Å²) in [6.07, 6.45) is 3.26. The molecule has 2 heterocycles. The van der Waals surface area contributed by atoms with Crippen LogP contribution in [0.4, 0.5) is 21.9 Å². The summed E-state index contributed by atoms with van der Waals surface area (Å²) in [6, 6.07) is 16.7. The summed E-state index contributed by atoms with van der Waals surface area (Å²) < 4.78 is 0. The van der Waals surface area contributed by atoms with Crippen molar-refractivity contribution in [2.24, 2.45) is 0 Å². The number of hydrogen-bond donors (Lipinski definition) is 1. The van der Waals surface area contributed by atoms with Crippen molar-refractivity contribution in [2.45, 2.75) is 32.2 Å². The van der Waals surface area contributed by atoms with Crippen molar-refractivity contribution in [1.82, 2.24) is 0 Å². The molecule has 4 rings (SSSR count). The van der Waals surface area contributed by atoms with Crippen molar-refractivity contribution in [3.05, 3.63) is 54.1 Å². The Morgan fingerprint density at radius 2 is 1.88 bits per heavy atom. The molecule has 0 aromatic heterocycles. The van der Waals surface area contributed by atoms with E-state index in [0.29, 0.717) is 6.04 Å². The molecule has 24 heavy (non-hydrogen) atoms. The van der Waals surface area contributed by atoms with Gasteiger partial charge >= 0.3 is 6.03 Å². The first-order chi connectivity index (χ1) is 11.8. The Balaban J connectivity index is 1.64. The molecule has 2 aromatic carbocycles. The Bertz CT molecular complexity index is 758. The fourth-order valence-corrected chi connectivity index (χ4v) is 3.91. The monoisotopic (exact) mass is 321 g/mol. The number of nitrogens with zero attached hydrogens (tertiary/aromatic N) is 2. The Morgan fingerprint density at radius 1 is 1.12 bits per heavy atom. The van der Waals surface area contributed by atoms with Gasteiger partial charge < -0.3 is 10.2 Å². The third-order valence-electron chi connectivity index (χ3n) is 5.14. The Labute approximate surface area is 143 Å². The largest absolute Gasteiger partial charge is 0.365 e. The first kappa shape index (κ1) is 15.1. The van der Waals surface area contributed by atoms with Crippen molar-refractivity contribution in [2.75, 3.05) is 28.2 Å². The molecule has 124 valence electrons. The van der Waals surface area contributed by atoms with Crippen LogP contribution in [0.15, 0.2) is 48.5 Å². The normalized spacial score (nSPS) is 19.0. The van der Waals surface area contributed by atoms with Crippen LogP contribution in [0, 0.1) is 0 Å². The van der Waals surface area contributed by atoms with E-state index >= 15 is 0 Å². The second kappa shape index (κ2) is 6.19. The van der Waals surface area contributed by atoms with Crippen LogP contribution in [-0.4, -0.2) is 25.2 Å². The van der Waals surface area contributed by atoms with Crippen LogP contribution in [0.3, 0.4) is 0 Å². The predicted molar refractivity (Wildman–Crippen MR) is 99.0 cm³/mol. The van der Waals surface area contributed by atoms with Crippen LogP contribution in [0.5, 0.6) is 0 Å². The van der Waals surface area contributed by atoms with E-state index in [1.54, 1.807) is 0 Å². The van der Waals surface area contributed by atoms with Gasteiger partial charge in [0.2, 0.25) is 0 Å². The highest BCUT2D eigenvalue weighted by Crippen LogP contribution is 2.39. The molecule has 2 amide bonds. The minimum atomic E-state index is -0.0325. The lowest BCUT2D eigenvalue weighted by Gasteiger charge is -2.40. The van der Waals surface area contributed by atoms with Gasteiger partial charge in [-0.1, -0.05) is 37.3 Å². The zero-order chi connectivity index (χ0) is 16.5. The lowest BCUT2D eigenvalue weighted by Crippen LogP contribution is -2.49. The highest BCUT2D eigenvalue weighted by Gasteiger charge is 2.36. The molecule has 0 spiro atoms. The lowest BCUT2D eigenvalue weighted by atomic mass is 10.1. The van der Waals surface area contributed by atoms with E-state index < -0.39 is 0 Å². The summed E-state index contributed by atoms with van der Waals surface area (Å²) in [4.78, 5) is 17.4. The first-order valence-electron chi connectivity index (χ1n) is 8.80. The maximum atomic E-state index is 13.0. The summed E-state index contributed by atoms with van der Waals surface area (Å²) >= 11 is 0. The Kier molecular flexibility index (Phi) is 3.89. The molecule has 0 radical (unpaired) electrons. The third-order valence-corrected chi connectivity index (χ3v) is 5.14. The summed E-state index contributed by atoms with van der Waals surface area (Å²) in [5, 5.41) is 3.12. The van der Waals surface area contributed by atoms with Crippen LogP contribution in [0.1, 0.15) is 25.3 Å². The van der Waals surface area contributed by atoms with Crippen LogP contribution < -0.4 is 15.1 Å². The van der Waals surface area contributed by atoms with Gasteiger partial charge in [-0.25, -0.2) is 4.79 Å². The number of carbonyl (C=O) groups is 1. The van der Waals surface area contributed by atoms with Gasteiger partial charge in [0, 0.05) is 24.8 Å². The molecule has 1 N–H and O–H groups in total. The molecule has 0 bridgehead atoms. The van der Waals surface area contributed by atoms with Crippen molar-refractivity contribution in [3.8, 4) is 0 Å². The number of hydrogen-bond acceptors (Lipinski definition) is 2. The highest BCUT2D eigenvalue weighted by molar-refractivity contribution is 6.05. The van der Waals surface area contributed by atoms with Gasteiger partial charge in [0.15, 0.2) is 0 Å². The van der Waals surface area contributed by atoms with E-state index in [2.05, 4.69) is 41.4 Å². The first-order valence-corrected chi connectivity index (χ1v) is 8.80. The molecule has 2 aromatic rings. The van der Waals surface area contributed by atoms with Gasteiger partial charge in [-0.05, 0) is 43.0 Å². The molecule has 2 aliphatic heterocycles. The molecule has 1 saturated heterocycles. The molecule has 0 unspecified atom stereocenters. The number of anilines is 3. The van der Waals surface area contributed by atoms with E-state index in [9.17, 15) is 4.79 Å². The van der Waals surface area contributed by atoms with E-state index in [1.165, 1.54) is 17.7 Å². The molecular weight excluding hydrogens is 298 g/mol. The number of fused-ring (bicyclic) bond motifs is 3. The minimum Gasteiger partial charge on any atom is -0.365 e. The number of nitrogens with one attached hydrogen (secondary N) is 1. The molecular formula is C20H23N3O. The van der Waals surface area contributed by atoms with Crippen molar-refractivity contribution in [1.29, 1.82) is 0 Å². The number of benzene rings is 2. The summed E-state index contributed by atoms with van der Waals surface area (Å²) in [6.45, 7) is 3.96. The van der Waals surface area contributed by atoms with Gasteiger partial charge in [0.1, 0.15) is 0 Å². The van der Waals surface area contributed by atoms with Gasteiger partial charge in [-0.3, -0.25) is 4.90 Å². The third kappa shape index (κ3) is 2.52. The van der Waals surface area contributed by atoms with Crippen molar-refractivity contribution in [3.63, 3.8) is 0 Å². The van der Waals surface area contributed by atoms with Gasteiger partial charge in [0.05, 0.1) is 11.4 Å². The molecule has 1 fully saturated rings.